The van der Waals surface area contributed by atoms with Crippen molar-refractivity contribution < 1.29 is 28.6 Å². The van der Waals surface area contributed by atoms with Crippen molar-refractivity contribution in [3.05, 3.63) is 53.7 Å². The molecule has 1 fully saturated rings. The van der Waals surface area contributed by atoms with Crippen LogP contribution >= 0.6 is 0 Å². The van der Waals surface area contributed by atoms with E-state index in [1.807, 2.05) is 11.0 Å². The Hall–Kier alpha value is -4.82. The van der Waals surface area contributed by atoms with E-state index in [4.69, 9.17) is 9.47 Å². The summed E-state index contributed by atoms with van der Waals surface area (Å²) in [5, 5.41) is 18.9. The number of anilines is 3. The number of rotatable bonds is 6. The Bertz CT molecular complexity index is 1790. The number of nitrogens with one attached hydrogen (secondary N) is 1. The van der Waals surface area contributed by atoms with Crippen LogP contribution in [0.15, 0.2) is 36.7 Å². The molecule has 0 unspecified atom stereocenters. The zero-order valence-corrected chi connectivity index (χ0v) is 24.8. The molecule has 0 bridgehead atoms. The first-order valence-electron chi connectivity index (χ1n) is 15.0. The first-order chi connectivity index (χ1) is 21.8. The number of carboxylic acid groups (broad SMARTS) is 1. The zero-order valence-electron chi connectivity index (χ0n) is 24.8. The van der Waals surface area contributed by atoms with Gasteiger partial charge in [0.05, 0.1) is 19.8 Å². The second-order valence-electron chi connectivity index (χ2n) is 11.4. The summed E-state index contributed by atoms with van der Waals surface area (Å²) in [6.45, 7) is 7.67. The molecule has 1 aromatic carbocycles. The van der Waals surface area contributed by atoms with Crippen molar-refractivity contribution in [3.63, 3.8) is 0 Å². The lowest BCUT2D eigenvalue weighted by molar-refractivity contribution is -0.131. The molecule has 234 valence electrons. The second kappa shape index (κ2) is 11.9. The fourth-order valence-electron chi connectivity index (χ4n) is 6.15. The van der Waals surface area contributed by atoms with E-state index in [0.29, 0.717) is 53.3 Å². The van der Waals surface area contributed by atoms with E-state index in [0.717, 1.165) is 43.9 Å². The van der Waals surface area contributed by atoms with Gasteiger partial charge < -0.3 is 24.8 Å². The molecule has 3 aliphatic heterocycles. The highest BCUT2D eigenvalue weighted by atomic mass is 19.1. The number of benzene rings is 1. The minimum Gasteiger partial charge on any atom is -0.474 e. The van der Waals surface area contributed by atoms with E-state index in [1.165, 1.54) is 17.2 Å². The SMILES string of the molecule is Cc1c(-c2cc3cc(Nc4cc5n(n4)CC(=O)N(CCN4CCOCC4)CC5)ncc3cc2F)cnc2c1N(C(=O)O)CCO2. The normalized spacial score (nSPS) is 17.1. The van der Waals surface area contributed by atoms with E-state index in [2.05, 4.69) is 25.3 Å². The average molecular weight is 617 g/mol. The summed E-state index contributed by atoms with van der Waals surface area (Å²) in [5.41, 5.74) is 2.59. The smallest absolute Gasteiger partial charge is 0.412 e. The second-order valence-corrected chi connectivity index (χ2v) is 11.4. The van der Waals surface area contributed by atoms with E-state index < -0.39 is 11.9 Å². The van der Waals surface area contributed by atoms with E-state index >= 15 is 4.39 Å². The Morgan fingerprint density at radius 2 is 1.82 bits per heavy atom. The van der Waals surface area contributed by atoms with Crippen molar-refractivity contribution in [2.24, 2.45) is 0 Å². The third-order valence-corrected chi connectivity index (χ3v) is 8.61. The van der Waals surface area contributed by atoms with Gasteiger partial charge in [0.25, 0.3) is 0 Å². The highest BCUT2D eigenvalue weighted by Gasteiger charge is 2.29. The maximum Gasteiger partial charge on any atom is 0.412 e. The monoisotopic (exact) mass is 616 g/mol. The third-order valence-electron chi connectivity index (χ3n) is 8.61. The number of pyridine rings is 2. The summed E-state index contributed by atoms with van der Waals surface area (Å²) in [5.74, 6) is 0.854. The summed E-state index contributed by atoms with van der Waals surface area (Å²) in [6, 6.07) is 6.84. The summed E-state index contributed by atoms with van der Waals surface area (Å²) < 4.78 is 28.1. The Labute approximate surface area is 258 Å². The molecular weight excluding hydrogens is 583 g/mol. The molecule has 0 spiro atoms. The number of fused-ring (bicyclic) bond motifs is 3. The van der Waals surface area contributed by atoms with Gasteiger partial charge in [-0.05, 0) is 36.1 Å². The van der Waals surface area contributed by atoms with Crippen molar-refractivity contribution in [2.75, 3.05) is 69.3 Å². The van der Waals surface area contributed by atoms with Crippen LogP contribution in [-0.4, -0.2) is 106 Å². The molecule has 3 aromatic heterocycles. The first kappa shape index (κ1) is 28.9. The molecule has 0 aliphatic carbocycles. The fourth-order valence-corrected chi connectivity index (χ4v) is 6.15. The van der Waals surface area contributed by atoms with Gasteiger partial charge in [0.1, 0.15) is 30.5 Å². The van der Waals surface area contributed by atoms with Crippen LogP contribution in [0.4, 0.5) is 26.5 Å². The van der Waals surface area contributed by atoms with Crippen LogP contribution < -0.4 is 15.0 Å². The number of hydrogen-bond donors (Lipinski definition) is 2. The molecule has 6 heterocycles. The van der Waals surface area contributed by atoms with Crippen LogP contribution in [-0.2, 0) is 22.5 Å². The number of aromatic nitrogens is 4. The van der Waals surface area contributed by atoms with Crippen LogP contribution in [0.3, 0.4) is 0 Å². The van der Waals surface area contributed by atoms with Gasteiger partial charge in [-0.15, -0.1) is 0 Å². The molecule has 14 heteroatoms. The maximum absolute atomic E-state index is 15.4. The van der Waals surface area contributed by atoms with Crippen molar-refractivity contribution in [2.45, 2.75) is 19.9 Å². The van der Waals surface area contributed by atoms with Gasteiger partial charge in [-0.3, -0.25) is 19.3 Å². The number of carbonyl (C=O) groups is 2. The highest BCUT2D eigenvalue weighted by Crippen LogP contribution is 2.40. The summed E-state index contributed by atoms with van der Waals surface area (Å²) in [4.78, 5) is 39.0. The minimum atomic E-state index is -1.12. The van der Waals surface area contributed by atoms with Gasteiger partial charge in [-0.2, -0.15) is 5.10 Å². The van der Waals surface area contributed by atoms with Crippen LogP contribution in [0.2, 0.25) is 0 Å². The molecule has 45 heavy (non-hydrogen) atoms. The average Bonchev–Trinajstić information content (AvgIpc) is 3.34. The number of morpholine rings is 1. The molecule has 1 saturated heterocycles. The lowest BCUT2D eigenvalue weighted by Gasteiger charge is -2.29. The Morgan fingerprint density at radius 1 is 0.978 bits per heavy atom. The number of carbonyl (C=O) groups excluding carboxylic acids is 1. The lowest BCUT2D eigenvalue weighted by Crippen LogP contribution is -2.43. The summed E-state index contributed by atoms with van der Waals surface area (Å²) in [7, 11) is 0. The summed E-state index contributed by atoms with van der Waals surface area (Å²) in [6.07, 6.45) is 2.66. The lowest BCUT2D eigenvalue weighted by atomic mass is 9.98. The molecule has 13 nitrogen and oxygen atoms in total. The molecule has 0 radical (unpaired) electrons. The van der Waals surface area contributed by atoms with Crippen molar-refractivity contribution in [1.82, 2.24) is 29.5 Å². The maximum atomic E-state index is 15.4. The Kier molecular flexibility index (Phi) is 7.67. The Balaban J connectivity index is 1.09. The quantitative estimate of drug-likeness (QED) is 0.332. The third kappa shape index (κ3) is 5.73. The molecule has 2 N–H and O–H groups in total. The van der Waals surface area contributed by atoms with E-state index in [-0.39, 0.29) is 37.0 Å². The number of nitrogens with zero attached hydrogens (tertiary/aromatic N) is 7. The van der Waals surface area contributed by atoms with E-state index in [9.17, 15) is 14.7 Å². The minimum absolute atomic E-state index is 0.0417. The number of ether oxygens (including phenoxy) is 2. The standard InChI is InChI=1S/C31H33FN8O5/c1-19-24(17-34-30-29(19)39(31(42)43)8-11-45-30)23-12-20-14-26(33-16-21(20)13-25(23)32)35-27-15-22-2-3-38(28(41)18-40(22)36-27)5-4-37-6-9-44-10-7-37/h12-17H,2-11,18H2,1H3,(H,42,43)(H,33,35,36). The molecule has 2 amide bonds. The molecular formula is C31H33FN8O5. The first-order valence-corrected chi connectivity index (χ1v) is 15.0. The van der Waals surface area contributed by atoms with Crippen LogP contribution in [0, 0.1) is 12.7 Å². The number of amides is 2. The predicted molar refractivity (Wildman–Crippen MR) is 164 cm³/mol. The molecule has 4 aromatic rings. The van der Waals surface area contributed by atoms with Gasteiger partial charge in [0.2, 0.25) is 11.8 Å². The largest absolute Gasteiger partial charge is 0.474 e. The summed E-state index contributed by atoms with van der Waals surface area (Å²) >= 11 is 0. The van der Waals surface area contributed by atoms with Gasteiger partial charge in [0.15, 0.2) is 5.82 Å². The van der Waals surface area contributed by atoms with Crippen LogP contribution in [0.25, 0.3) is 21.9 Å². The zero-order chi connectivity index (χ0) is 31.1. The topological polar surface area (TPSA) is 138 Å². The van der Waals surface area contributed by atoms with E-state index in [1.54, 1.807) is 29.9 Å². The van der Waals surface area contributed by atoms with Gasteiger partial charge >= 0.3 is 6.09 Å². The van der Waals surface area contributed by atoms with Crippen molar-refractivity contribution >= 4 is 40.1 Å². The highest BCUT2D eigenvalue weighted by molar-refractivity contribution is 5.94. The van der Waals surface area contributed by atoms with Gasteiger partial charge in [-0.1, -0.05) is 0 Å². The predicted octanol–water partition coefficient (Wildman–Crippen LogP) is 3.28. The van der Waals surface area contributed by atoms with Gasteiger partial charge in [0, 0.05) is 79.8 Å². The molecule has 0 atom stereocenters. The van der Waals surface area contributed by atoms with Crippen LogP contribution in [0.1, 0.15) is 11.3 Å². The van der Waals surface area contributed by atoms with Crippen molar-refractivity contribution in [3.8, 4) is 17.0 Å². The molecule has 7 rings (SSSR count). The van der Waals surface area contributed by atoms with Gasteiger partial charge in [-0.25, -0.2) is 19.2 Å². The fraction of sp³-hybridized carbons (Fsp3) is 0.387. The number of hydrogen-bond acceptors (Lipinski definition) is 9. The van der Waals surface area contributed by atoms with Crippen LogP contribution in [0.5, 0.6) is 5.88 Å². The molecule has 3 aliphatic rings. The Morgan fingerprint density at radius 3 is 2.64 bits per heavy atom. The molecule has 0 saturated carbocycles. The number of halogens is 1. The van der Waals surface area contributed by atoms with Crippen molar-refractivity contribution in [1.29, 1.82) is 0 Å².